The number of para-hydroxylation sites is 1. The molecule has 0 spiro atoms. The van der Waals surface area contributed by atoms with Crippen molar-refractivity contribution in [3.63, 3.8) is 0 Å². The van der Waals surface area contributed by atoms with Gasteiger partial charge in [0.15, 0.2) is 0 Å². The van der Waals surface area contributed by atoms with Crippen molar-refractivity contribution in [1.82, 2.24) is 4.98 Å². The van der Waals surface area contributed by atoms with E-state index in [1.165, 1.54) is 24.1 Å². The Hall–Kier alpha value is -2.78. The van der Waals surface area contributed by atoms with Gasteiger partial charge in [-0.2, -0.15) is 0 Å². The summed E-state index contributed by atoms with van der Waals surface area (Å²) < 4.78 is 0. The standard InChI is InChI=1S/C21H14N.C5H10O2.Ir/c1-2-7-16(8-3-1)18-10-6-11-19(15-18)21-14-13-17-9-4-5-12-20(17)22-21;1-4(6)3-5(2)7;/h1-10,12-15H;3-4,6-7H,1-2H3;/q-1;;. The number of nitrogens with zero attached hydrogens (tertiary/aromatic N) is 1. The van der Waals surface area contributed by atoms with Gasteiger partial charge in [-0.05, 0) is 42.6 Å². The van der Waals surface area contributed by atoms with Crippen molar-refractivity contribution < 1.29 is 30.3 Å². The van der Waals surface area contributed by atoms with Gasteiger partial charge in [0, 0.05) is 20.1 Å². The van der Waals surface area contributed by atoms with Crippen LogP contribution in [-0.2, 0) is 20.1 Å². The van der Waals surface area contributed by atoms with E-state index in [1.54, 1.807) is 6.92 Å². The maximum atomic E-state index is 8.49. The van der Waals surface area contributed by atoms with E-state index in [-0.39, 0.29) is 25.9 Å². The Morgan fingerprint density at radius 2 is 1.63 bits per heavy atom. The number of aliphatic hydroxyl groups is 2. The molecule has 0 saturated heterocycles. The molecule has 0 aliphatic carbocycles. The van der Waals surface area contributed by atoms with Crippen LogP contribution in [0.15, 0.2) is 96.8 Å². The minimum Gasteiger partial charge on any atom is -0.513 e. The molecule has 1 aromatic heterocycles. The molecular formula is C26H24IrNO2-. The van der Waals surface area contributed by atoms with Crippen molar-refractivity contribution in [2.24, 2.45) is 0 Å². The second-order valence-corrected chi connectivity index (χ2v) is 6.79. The van der Waals surface area contributed by atoms with Crippen LogP contribution in [0.1, 0.15) is 13.8 Å². The molecule has 0 aliphatic rings. The number of fused-ring (bicyclic) bond motifs is 1. The third-order valence-corrected chi connectivity index (χ3v) is 4.27. The molecule has 30 heavy (non-hydrogen) atoms. The first-order valence-electron chi connectivity index (χ1n) is 9.52. The van der Waals surface area contributed by atoms with Gasteiger partial charge in [-0.25, -0.2) is 0 Å². The summed E-state index contributed by atoms with van der Waals surface area (Å²) in [5, 5.41) is 18.1. The van der Waals surface area contributed by atoms with Gasteiger partial charge in [0.1, 0.15) is 0 Å². The number of aliphatic hydroxyl groups excluding tert-OH is 2. The zero-order valence-electron chi connectivity index (χ0n) is 16.9. The van der Waals surface area contributed by atoms with Crippen LogP contribution in [-0.4, -0.2) is 21.3 Å². The average Bonchev–Trinajstić information content (AvgIpc) is 2.73. The van der Waals surface area contributed by atoms with Gasteiger partial charge < -0.3 is 10.2 Å². The minimum absolute atomic E-state index is 0. The molecule has 1 heterocycles. The Kier molecular flexibility index (Phi) is 8.94. The second-order valence-electron chi connectivity index (χ2n) is 6.79. The van der Waals surface area contributed by atoms with Crippen molar-refractivity contribution in [2.45, 2.75) is 20.0 Å². The fraction of sp³-hybridized carbons (Fsp3) is 0.115. The van der Waals surface area contributed by atoms with Crippen LogP contribution >= 0.6 is 0 Å². The Morgan fingerprint density at radius 1 is 0.933 bits per heavy atom. The Bertz CT molecular complexity index is 1100. The summed E-state index contributed by atoms with van der Waals surface area (Å²) >= 11 is 0. The van der Waals surface area contributed by atoms with Gasteiger partial charge in [-0.1, -0.05) is 60.7 Å². The predicted octanol–water partition coefficient (Wildman–Crippen LogP) is 6.20. The van der Waals surface area contributed by atoms with E-state index in [0.29, 0.717) is 0 Å². The Morgan fingerprint density at radius 3 is 2.30 bits per heavy atom. The van der Waals surface area contributed by atoms with E-state index in [4.69, 9.17) is 15.2 Å². The van der Waals surface area contributed by atoms with Crippen molar-refractivity contribution in [3.05, 3.63) is 103 Å². The second kappa shape index (κ2) is 11.4. The summed E-state index contributed by atoms with van der Waals surface area (Å²) in [6.45, 7) is 3.10. The van der Waals surface area contributed by atoms with Gasteiger partial charge in [-0.3, -0.25) is 4.98 Å². The van der Waals surface area contributed by atoms with E-state index in [0.717, 1.165) is 22.2 Å². The summed E-state index contributed by atoms with van der Waals surface area (Å²) in [6.07, 6.45) is 0.824. The first-order chi connectivity index (χ1) is 14.0. The summed E-state index contributed by atoms with van der Waals surface area (Å²) in [5.74, 6) is 0.162. The maximum absolute atomic E-state index is 8.49. The van der Waals surface area contributed by atoms with Crippen LogP contribution in [0.2, 0.25) is 0 Å². The van der Waals surface area contributed by atoms with Crippen LogP contribution in [0.3, 0.4) is 0 Å². The zero-order valence-corrected chi connectivity index (χ0v) is 19.3. The Labute approximate surface area is 191 Å². The normalized spacial score (nSPS) is 11.8. The Balaban J connectivity index is 0.000000350. The SMILES string of the molecule is CC(O)=CC(C)O.[Ir].[c-]1ccc(-c2ccccc2)cc1-c1ccc2ccccc2n1. The predicted molar refractivity (Wildman–Crippen MR) is 120 cm³/mol. The monoisotopic (exact) mass is 575 g/mol. The van der Waals surface area contributed by atoms with Crippen molar-refractivity contribution >= 4 is 10.9 Å². The topological polar surface area (TPSA) is 53.4 Å². The van der Waals surface area contributed by atoms with Crippen molar-refractivity contribution in [2.75, 3.05) is 0 Å². The molecule has 0 bridgehead atoms. The van der Waals surface area contributed by atoms with Crippen LogP contribution in [0.25, 0.3) is 33.3 Å². The summed E-state index contributed by atoms with van der Waals surface area (Å²) in [5.41, 5.74) is 5.38. The van der Waals surface area contributed by atoms with E-state index in [9.17, 15) is 0 Å². The van der Waals surface area contributed by atoms with E-state index in [1.807, 2.05) is 30.3 Å². The van der Waals surface area contributed by atoms with E-state index < -0.39 is 6.10 Å². The molecule has 3 aromatic carbocycles. The van der Waals surface area contributed by atoms with Gasteiger partial charge >= 0.3 is 0 Å². The summed E-state index contributed by atoms with van der Waals surface area (Å²) in [7, 11) is 0. The molecule has 0 fully saturated rings. The number of benzene rings is 3. The molecule has 4 aromatic rings. The van der Waals surface area contributed by atoms with Crippen LogP contribution in [0.5, 0.6) is 0 Å². The zero-order chi connectivity index (χ0) is 20.6. The van der Waals surface area contributed by atoms with Gasteiger partial charge in [0.2, 0.25) is 0 Å². The molecular weight excluding hydrogens is 551 g/mol. The van der Waals surface area contributed by atoms with Crippen LogP contribution < -0.4 is 0 Å². The number of pyridine rings is 1. The third kappa shape index (κ3) is 6.63. The number of rotatable bonds is 3. The molecule has 1 atom stereocenters. The van der Waals surface area contributed by atoms with Gasteiger partial charge in [-0.15, -0.1) is 35.4 Å². The first kappa shape index (κ1) is 23.5. The first-order valence-corrected chi connectivity index (χ1v) is 9.52. The summed E-state index contributed by atoms with van der Waals surface area (Å²) in [6, 6.07) is 32.2. The third-order valence-electron chi connectivity index (χ3n) is 4.27. The van der Waals surface area contributed by atoms with E-state index >= 15 is 0 Å². The molecule has 4 rings (SSSR count). The molecule has 1 unspecified atom stereocenters. The van der Waals surface area contributed by atoms with Gasteiger partial charge in [0.25, 0.3) is 0 Å². The quantitative estimate of drug-likeness (QED) is 0.227. The van der Waals surface area contributed by atoms with Gasteiger partial charge in [0.05, 0.1) is 17.4 Å². The number of aromatic nitrogens is 1. The number of allylic oxidation sites excluding steroid dienone is 1. The smallest absolute Gasteiger partial charge is 0.0877 e. The molecule has 155 valence electrons. The largest absolute Gasteiger partial charge is 0.513 e. The molecule has 2 N–H and O–H groups in total. The fourth-order valence-corrected chi connectivity index (χ4v) is 2.99. The molecule has 0 amide bonds. The molecule has 0 aliphatic heterocycles. The average molecular weight is 575 g/mol. The number of hydrogen-bond acceptors (Lipinski definition) is 3. The molecule has 0 saturated carbocycles. The fourth-order valence-electron chi connectivity index (χ4n) is 2.99. The van der Waals surface area contributed by atoms with Crippen molar-refractivity contribution in [3.8, 4) is 22.4 Å². The molecule has 1 radical (unpaired) electrons. The number of hydrogen-bond donors (Lipinski definition) is 2. The van der Waals surface area contributed by atoms with Crippen LogP contribution in [0, 0.1) is 6.07 Å². The molecule has 3 nitrogen and oxygen atoms in total. The molecule has 4 heteroatoms. The summed E-state index contributed by atoms with van der Waals surface area (Å²) in [4.78, 5) is 4.75. The van der Waals surface area contributed by atoms with Crippen LogP contribution in [0.4, 0.5) is 0 Å². The van der Waals surface area contributed by atoms with E-state index in [2.05, 4.69) is 60.7 Å². The maximum Gasteiger partial charge on any atom is 0.0877 e. The minimum atomic E-state index is -0.537. The van der Waals surface area contributed by atoms with Crippen molar-refractivity contribution in [1.29, 1.82) is 0 Å².